The molecule has 0 saturated carbocycles. The van der Waals surface area contributed by atoms with Crippen molar-refractivity contribution in [3.05, 3.63) is 63.6 Å². The molecule has 2 aromatic rings. The molecule has 7 heteroatoms. The van der Waals surface area contributed by atoms with Gasteiger partial charge >= 0.3 is 0 Å². The SMILES string of the molecule is CCC.CCC.CN(C(=O)Cc1ccc(Cl)c(Cl)c1)[C@H](CN1CCCC1)c1ccc(OCCO)cc1. The Morgan fingerprint density at radius 1 is 1.00 bits per heavy atom. The van der Waals surface area contributed by atoms with Gasteiger partial charge in [-0.05, 0) is 61.3 Å². The molecule has 0 spiro atoms. The molecule has 0 aliphatic carbocycles. The highest BCUT2D eigenvalue weighted by Gasteiger charge is 2.26. The summed E-state index contributed by atoms with van der Waals surface area (Å²) in [4.78, 5) is 17.3. The molecule has 202 valence electrons. The van der Waals surface area contributed by atoms with E-state index in [0.717, 1.165) is 30.8 Å². The monoisotopic (exact) mass is 538 g/mol. The fourth-order valence-electron chi connectivity index (χ4n) is 3.73. The van der Waals surface area contributed by atoms with Gasteiger partial charge in [0, 0.05) is 13.6 Å². The molecular formula is C29H44Cl2N2O3. The maximum Gasteiger partial charge on any atom is 0.227 e. The van der Waals surface area contributed by atoms with E-state index in [-0.39, 0.29) is 31.6 Å². The Hall–Kier alpha value is -1.79. The zero-order valence-corrected chi connectivity index (χ0v) is 24.1. The summed E-state index contributed by atoms with van der Waals surface area (Å²) in [6.07, 6.45) is 5.16. The van der Waals surface area contributed by atoms with Gasteiger partial charge in [-0.2, -0.15) is 0 Å². The summed E-state index contributed by atoms with van der Waals surface area (Å²) in [6, 6.07) is 13.0. The van der Waals surface area contributed by atoms with Crippen molar-refractivity contribution in [1.29, 1.82) is 0 Å². The number of amides is 1. The van der Waals surface area contributed by atoms with Gasteiger partial charge in [0.25, 0.3) is 0 Å². The van der Waals surface area contributed by atoms with Gasteiger partial charge in [-0.15, -0.1) is 0 Å². The Balaban J connectivity index is 0.000000982. The van der Waals surface area contributed by atoms with Gasteiger partial charge in [-0.1, -0.05) is 81.9 Å². The summed E-state index contributed by atoms with van der Waals surface area (Å²) >= 11 is 12.1. The summed E-state index contributed by atoms with van der Waals surface area (Å²) in [7, 11) is 1.86. The largest absolute Gasteiger partial charge is 0.491 e. The number of likely N-dealkylation sites (tertiary alicyclic amines) is 1. The van der Waals surface area contributed by atoms with Crippen molar-refractivity contribution in [1.82, 2.24) is 9.80 Å². The minimum atomic E-state index is -0.0646. The first-order valence-corrected chi connectivity index (χ1v) is 13.8. The minimum Gasteiger partial charge on any atom is -0.491 e. The van der Waals surface area contributed by atoms with Crippen molar-refractivity contribution < 1.29 is 14.6 Å². The van der Waals surface area contributed by atoms with Crippen LogP contribution < -0.4 is 4.74 Å². The number of benzene rings is 2. The first-order valence-electron chi connectivity index (χ1n) is 13.1. The fourth-order valence-corrected chi connectivity index (χ4v) is 4.05. The summed E-state index contributed by atoms with van der Waals surface area (Å²) in [6.45, 7) is 11.6. The van der Waals surface area contributed by atoms with Crippen LogP contribution in [0.2, 0.25) is 10.0 Å². The highest BCUT2D eigenvalue weighted by molar-refractivity contribution is 6.42. The Morgan fingerprint density at radius 3 is 2.11 bits per heavy atom. The Labute approximate surface area is 228 Å². The van der Waals surface area contributed by atoms with Crippen LogP contribution in [0.5, 0.6) is 5.75 Å². The van der Waals surface area contributed by atoms with Gasteiger partial charge in [0.2, 0.25) is 5.91 Å². The van der Waals surface area contributed by atoms with E-state index < -0.39 is 0 Å². The van der Waals surface area contributed by atoms with Crippen LogP contribution in [0.15, 0.2) is 42.5 Å². The van der Waals surface area contributed by atoms with Gasteiger partial charge in [0.15, 0.2) is 0 Å². The number of hydrogen-bond donors (Lipinski definition) is 1. The quantitative estimate of drug-likeness (QED) is 0.372. The van der Waals surface area contributed by atoms with Crippen molar-refractivity contribution in [2.75, 3.05) is 39.9 Å². The molecule has 0 bridgehead atoms. The van der Waals surface area contributed by atoms with E-state index in [1.807, 2.05) is 42.3 Å². The lowest BCUT2D eigenvalue weighted by molar-refractivity contribution is -0.131. The average molecular weight is 540 g/mol. The topological polar surface area (TPSA) is 53.0 Å². The normalized spacial score (nSPS) is 13.7. The van der Waals surface area contributed by atoms with Gasteiger partial charge in [0.1, 0.15) is 12.4 Å². The van der Waals surface area contributed by atoms with Crippen molar-refractivity contribution >= 4 is 29.1 Å². The van der Waals surface area contributed by atoms with Gasteiger partial charge in [-0.3, -0.25) is 4.79 Å². The molecule has 3 rings (SSSR count). The summed E-state index contributed by atoms with van der Waals surface area (Å²) in [5.41, 5.74) is 1.90. The molecule has 1 heterocycles. The van der Waals surface area contributed by atoms with Crippen LogP contribution in [-0.4, -0.2) is 60.7 Å². The third kappa shape index (κ3) is 11.5. The van der Waals surface area contributed by atoms with Crippen molar-refractivity contribution in [2.24, 2.45) is 0 Å². The number of ether oxygens (including phenoxy) is 1. The number of carbonyl (C=O) groups excluding carboxylic acids is 1. The van der Waals surface area contributed by atoms with Crippen LogP contribution in [0.4, 0.5) is 0 Å². The molecule has 0 unspecified atom stereocenters. The van der Waals surface area contributed by atoms with Crippen LogP contribution in [-0.2, 0) is 11.2 Å². The Bertz CT molecular complexity index is 869. The predicted octanol–water partition coefficient (Wildman–Crippen LogP) is 7.04. The molecule has 1 saturated heterocycles. The molecule has 1 atom stereocenters. The van der Waals surface area contributed by atoms with E-state index >= 15 is 0 Å². The smallest absolute Gasteiger partial charge is 0.227 e. The first-order chi connectivity index (χ1) is 17.3. The van der Waals surface area contributed by atoms with E-state index in [0.29, 0.717) is 15.8 Å². The number of aliphatic hydroxyl groups is 1. The van der Waals surface area contributed by atoms with Gasteiger partial charge in [0.05, 0.1) is 29.1 Å². The lowest BCUT2D eigenvalue weighted by atomic mass is 10.0. The maximum atomic E-state index is 13.1. The lowest BCUT2D eigenvalue weighted by Gasteiger charge is -2.32. The second-order valence-electron chi connectivity index (χ2n) is 9.01. The van der Waals surface area contributed by atoms with Crippen LogP contribution in [0.3, 0.4) is 0 Å². The molecule has 0 radical (unpaired) electrons. The fraction of sp³-hybridized carbons (Fsp3) is 0.552. The lowest BCUT2D eigenvalue weighted by Crippen LogP contribution is -2.39. The average Bonchev–Trinajstić information content (AvgIpc) is 3.38. The van der Waals surface area contributed by atoms with Crippen molar-refractivity contribution in [3.8, 4) is 5.75 Å². The number of carbonyl (C=O) groups is 1. The second-order valence-corrected chi connectivity index (χ2v) is 9.82. The van der Waals surface area contributed by atoms with Crippen LogP contribution in [0, 0.1) is 0 Å². The molecular weight excluding hydrogens is 495 g/mol. The zero-order valence-electron chi connectivity index (χ0n) is 22.6. The summed E-state index contributed by atoms with van der Waals surface area (Å²) in [5, 5.41) is 9.86. The predicted molar refractivity (Wildman–Crippen MR) is 152 cm³/mol. The van der Waals surface area contributed by atoms with Gasteiger partial charge < -0.3 is 19.6 Å². The molecule has 36 heavy (non-hydrogen) atoms. The van der Waals surface area contributed by atoms with E-state index in [2.05, 4.69) is 32.6 Å². The molecule has 1 fully saturated rings. The van der Waals surface area contributed by atoms with Gasteiger partial charge in [-0.25, -0.2) is 0 Å². The molecule has 1 amide bonds. The Kier molecular flexibility index (Phi) is 16.5. The second kappa shape index (κ2) is 18.5. The third-order valence-corrected chi connectivity index (χ3v) is 6.19. The molecule has 1 aliphatic heterocycles. The van der Waals surface area contributed by atoms with Crippen molar-refractivity contribution in [2.45, 2.75) is 65.8 Å². The number of halogens is 2. The van der Waals surface area contributed by atoms with Crippen LogP contribution >= 0.6 is 23.2 Å². The van der Waals surface area contributed by atoms with E-state index in [4.69, 9.17) is 33.0 Å². The van der Waals surface area contributed by atoms with Crippen LogP contribution in [0.1, 0.15) is 70.5 Å². The standard InChI is InChI=1S/C23H28Cl2N2O3.2C3H8/c1-26(23(29)15-17-4-9-20(24)21(25)14-17)22(16-27-10-2-3-11-27)18-5-7-19(8-6-18)30-13-12-28;2*1-3-2/h4-9,14,22,28H,2-3,10-13,15-16H2,1H3;2*3H2,1-2H3/t22-;;/m1../s1. The minimum absolute atomic E-state index is 0.0225. The summed E-state index contributed by atoms with van der Waals surface area (Å²) < 4.78 is 5.47. The van der Waals surface area contributed by atoms with E-state index in [1.165, 1.54) is 25.7 Å². The zero-order chi connectivity index (χ0) is 26.9. The number of rotatable bonds is 9. The third-order valence-electron chi connectivity index (χ3n) is 5.45. The number of hydrogen-bond acceptors (Lipinski definition) is 4. The number of nitrogens with zero attached hydrogens (tertiary/aromatic N) is 2. The highest BCUT2D eigenvalue weighted by Crippen LogP contribution is 2.27. The highest BCUT2D eigenvalue weighted by atomic mass is 35.5. The number of likely N-dealkylation sites (N-methyl/N-ethyl adjacent to an activating group) is 1. The van der Waals surface area contributed by atoms with E-state index in [9.17, 15) is 4.79 Å². The molecule has 2 aromatic carbocycles. The Morgan fingerprint density at radius 2 is 1.58 bits per heavy atom. The molecule has 0 aromatic heterocycles. The maximum absolute atomic E-state index is 13.1. The van der Waals surface area contributed by atoms with E-state index in [1.54, 1.807) is 12.1 Å². The molecule has 5 nitrogen and oxygen atoms in total. The van der Waals surface area contributed by atoms with Crippen LogP contribution in [0.25, 0.3) is 0 Å². The summed E-state index contributed by atoms with van der Waals surface area (Å²) in [5.74, 6) is 0.732. The number of aliphatic hydroxyl groups excluding tert-OH is 1. The van der Waals surface area contributed by atoms with Crippen molar-refractivity contribution in [3.63, 3.8) is 0 Å². The molecule has 1 aliphatic rings. The molecule has 1 N–H and O–H groups in total. The first kappa shape index (κ1) is 32.2.